The molecule has 0 saturated carbocycles. The van der Waals surface area contributed by atoms with Crippen molar-refractivity contribution in [3.05, 3.63) is 28.6 Å². The van der Waals surface area contributed by atoms with Crippen molar-refractivity contribution >= 4 is 32.5 Å². The number of pyridine rings is 1. The Morgan fingerprint density at radius 2 is 2.33 bits per heavy atom. The first kappa shape index (κ1) is 13.2. The predicted molar refractivity (Wildman–Crippen MR) is 75.0 cm³/mol. The third-order valence-corrected chi connectivity index (χ3v) is 3.31. The smallest absolute Gasteiger partial charge is 0.139 e. The third-order valence-electron chi connectivity index (χ3n) is 2.15. The SMILES string of the molecule is CCCNc1snnc1COc1cncc(Br)c1. The molecule has 0 aliphatic rings. The normalized spacial score (nSPS) is 10.3. The summed E-state index contributed by atoms with van der Waals surface area (Å²) in [7, 11) is 0. The molecule has 2 heterocycles. The van der Waals surface area contributed by atoms with E-state index in [0.29, 0.717) is 12.4 Å². The molecule has 0 fully saturated rings. The van der Waals surface area contributed by atoms with Gasteiger partial charge in [0.25, 0.3) is 0 Å². The number of halogens is 1. The van der Waals surface area contributed by atoms with Gasteiger partial charge in [-0.3, -0.25) is 4.98 Å². The Bertz CT molecular complexity index is 505. The van der Waals surface area contributed by atoms with E-state index in [1.807, 2.05) is 6.07 Å². The highest BCUT2D eigenvalue weighted by Gasteiger charge is 2.08. The second kappa shape index (κ2) is 6.65. The first-order valence-corrected chi connectivity index (χ1v) is 7.14. The standard InChI is InChI=1S/C11H13BrN4OS/c1-2-3-14-11-10(15-16-18-11)7-17-9-4-8(12)5-13-6-9/h4-6,14H,2-3,7H2,1H3. The molecule has 0 atom stereocenters. The van der Waals surface area contributed by atoms with Gasteiger partial charge in [0.2, 0.25) is 0 Å². The van der Waals surface area contributed by atoms with Crippen LogP contribution in [0.3, 0.4) is 0 Å². The van der Waals surface area contributed by atoms with Crippen LogP contribution in [0, 0.1) is 0 Å². The average molecular weight is 329 g/mol. The molecule has 0 amide bonds. The maximum atomic E-state index is 5.62. The molecule has 18 heavy (non-hydrogen) atoms. The molecule has 0 aliphatic carbocycles. The van der Waals surface area contributed by atoms with Gasteiger partial charge in [-0.15, -0.1) is 5.10 Å². The number of rotatable bonds is 6. The fraction of sp³-hybridized carbons (Fsp3) is 0.364. The van der Waals surface area contributed by atoms with Gasteiger partial charge in [0.15, 0.2) is 0 Å². The zero-order valence-corrected chi connectivity index (χ0v) is 12.3. The van der Waals surface area contributed by atoms with E-state index in [0.717, 1.165) is 28.1 Å². The lowest BCUT2D eigenvalue weighted by atomic mass is 10.4. The fourth-order valence-corrected chi connectivity index (χ4v) is 2.24. The Morgan fingerprint density at radius 1 is 1.44 bits per heavy atom. The molecule has 5 nitrogen and oxygen atoms in total. The van der Waals surface area contributed by atoms with Gasteiger partial charge < -0.3 is 10.1 Å². The summed E-state index contributed by atoms with van der Waals surface area (Å²) in [6, 6.07) is 1.87. The van der Waals surface area contributed by atoms with Gasteiger partial charge in [0.05, 0.1) is 6.20 Å². The summed E-state index contributed by atoms with van der Waals surface area (Å²) in [6.45, 7) is 3.42. The van der Waals surface area contributed by atoms with Crippen molar-refractivity contribution < 1.29 is 4.74 Å². The van der Waals surface area contributed by atoms with Gasteiger partial charge in [0, 0.05) is 28.7 Å². The number of nitrogens with zero attached hydrogens (tertiary/aromatic N) is 3. The zero-order chi connectivity index (χ0) is 12.8. The summed E-state index contributed by atoms with van der Waals surface area (Å²) >= 11 is 4.70. The summed E-state index contributed by atoms with van der Waals surface area (Å²) in [6.07, 6.45) is 4.45. The highest BCUT2D eigenvalue weighted by Crippen LogP contribution is 2.21. The minimum Gasteiger partial charge on any atom is -0.485 e. The van der Waals surface area contributed by atoms with Gasteiger partial charge in [-0.25, -0.2) is 0 Å². The van der Waals surface area contributed by atoms with Crippen LogP contribution < -0.4 is 10.1 Å². The number of anilines is 1. The van der Waals surface area contributed by atoms with E-state index in [-0.39, 0.29) is 0 Å². The van der Waals surface area contributed by atoms with Crippen molar-refractivity contribution in [2.45, 2.75) is 20.0 Å². The lowest BCUT2D eigenvalue weighted by Crippen LogP contribution is -2.03. The molecule has 0 radical (unpaired) electrons. The quantitative estimate of drug-likeness (QED) is 0.882. The van der Waals surface area contributed by atoms with Gasteiger partial charge in [-0.2, -0.15) is 0 Å². The molecule has 0 spiro atoms. The topological polar surface area (TPSA) is 59.9 Å². The third kappa shape index (κ3) is 3.64. The highest BCUT2D eigenvalue weighted by molar-refractivity contribution is 9.10. The van der Waals surface area contributed by atoms with Gasteiger partial charge in [0.1, 0.15) is 23.1 Å². The minimum atomic E-state index is 0.390. The Balaban J connectivity index is 1.95. The minimum absolute atomic E-state index is 0.390. The van der Waals surface area contributed by atoms with Crippen molar-refractivity contribution in [2.24, 2.45) is 0 Å². The van der Waals surface area contributed by atoms with E-state index in [2.05, 4.69) is 42.7 Å². The van der Waals surface area contributed by atoms with Crippen molar-refractivity contribution in [2.75, 3.05) is 11.9 Å². The summed E-state index contributed by atoms with van der Waals surface area (Å²) in [5.41, 5.74) is 0.827. The first-order valence-electron chi connectivity index (χ1n) is 5.58. The van der Waals surface area contributed by atoms with Crippen LogP contribution in [0.1, 0.15) is 19.0 Å². The van der Waals surface area contributed by atoms with Crippen LogP contribution in [0.25, 0.3) is 0 Å². The summed E-state index contributed by atoms with van der Waals surface area (Å²) < 4.78 is 10.4. The van der Waals surface area contributed by atoms with E-state index in [4.69, 9.17) is 4.74 Å². The molecule has 0 saturated heterocycles. The molecule has 96 valence electrons. The van der Waals surface area contributed by atoms with Crippen LogP contribution >= 0.6 is 27.5 Å². The fourth-order valence-electron chi connectivity index (χ4n) is 1.30. The van der Waals surface area contributed by atoms with Crippen molar-refractivity contribution in [3.63, 3.8) is 0 Å². The van der Waals surface area contributed by atoms with Crippen molar-refractivity contribution in [1.82, 2.24) is 14.6 Å². The second-order valence-electron chi connectivity index (χ2n) is 3.60. The molecule has 0 bridgehead atoms. The van der Waals surface area contributed by atoms with Crippen LogP contribution in [0.15, 0.2) is 22.9 Å². The predicted octanol–water partition coefficient (Wildman–Crippen LogP) is 3.10. The Labute approximate surface area is 118 Å². The average Bonchev–Trinajstić information content (AvgIpc) is 2.81. The van der Waals surface area contributed by atoms with Crippen LogP contribution in [0.2, 0.25) is 0 Å². The molecule has 2 rings (SSSR count). The second-order valence-corrected chi connectivity index (χ2v) is 5.27. The lowest BCUT2D eigenvalue weighted by Gasteiger charge is -2.06. The number of aromatic nitrogens is 3. The number of hydrogen-bond donors (Lipinski definition) is 1. The van der Waals surface area contributed by atoms with Crippen LogP contribution in [0.4, 0.5) is 5.00 Å². The molecular formula is C11H13BrN4OS. The van der Waals surface area contributed by atoms with Gasteiger partial charge >= 0.3 is 0 Å². The Morgan fingerprint density at radius 3 is 3.11 bits per heavy atom. The summed E-state index contributed by atoms with van der Waals surface area (Å²) in [5, 5.41) is 8.31. The molecule has 2 aromatic heterocycles. The highest BCUT2D eigenvalue weighted by atomic mass is 79.9. The van der Waals surface area contributed by atoms with E-state index in [1.165, 1.54) is 11.5 Å². The van der Waals surface area contributed by atoms with E-state index < -0.39 is 0 Å². The number of nitrogens with one attached hydrogen (secondary N) is 1. The molecule has 7 heteroatoms. The molecule has 0 aromatic carbocycles. The van der Waals surface area contributed by atoms with Crippen LogP contribution in [-0.4, -0.2) is 21.1 Å². The molecule has 2 aromatic rings. The number of hydrogen-bond acceptors (Lipinski definition) is 6. The van der Waals surface area contributed by atoms with Crippen molar-refractivity contribution in [1.29, 1.82) is 0 Å². The maximum Gasteiger partial charge on any atom is 0.139 e. The molecule has 1 N–H and O–H groups in total. The lowest BCUT2D eigenvalue weighted by molar-refractivity contribution is 0.300. The van der Waals surface area contributed by atoms with E-state index >= 15 is 0 Å². The van der Waals surface area contributed by atoms with E-state index in [1.54, 1.807) is 12.4 Å². The summed E-state index contributed by atoms with van der Waals surface area (Å²) in [4.78, 5) is 4.04. The zero-order valence-electron chi connectivity index (χ0n) is 9.89. The van der Waals surface area contributed by atoms with Crippen LogP contribution in [-0.2, 0) is 6.61 Å². The molecule has 0 unspecified atom stereocenters. The van der Waals surface area contributed by atoms with Crippen LogP contribution in [0.5, 0.6) is 5.75 Å². The Hall–Kier alpha value is -1.21. The van der Waals surface area contributed by atoms with Crippen molar-refractivity contribution in [3.8, 4) is 5.75 Å². The number of ether oxygens (including phenoxy) is 1. The molecule has 0 aliphatic heterocycles. The van der Waals surface area contributed by atoms with E-state index in [9.17, 15) is 0 Å². The van der Waals surface area contributed by atoms with Gasteiger partial charge in [-0.05, 0) is 28.4 Å². The Kier molecular flexibility index (Phi) is 4.89. The molecular weight excluding hydrogens is 316 g/mol. The maximum absolute atomic E-state index is 5.62. The summed E-state index contributed by atoms with van der Waals surface area (Å²) in [5.74, 6) is 0.707. The largest absolute Gasteiger partial charge is 0.485 e. The first-order chi connectivity index (χ1) is 8.79. The van der Waals surface area contributed by atoms with Gasteiger partial charge in [-0.1, -0.05) is 11.4 Å². The monoisotopic (exact) mass is 328 g/mol.